The van der Waals surface area contributed by atoms with Gasteiger partial charge < -0.3 is 25.8 Å². The van der Waals surface area contributed by atoms with Gasteiger partial charge in [-0.15, -0.1) is 5.75 Å². The van der Waals surface area contributed by atoms with Crippen molar-refractivity contribution in [1.29, 1.82) is 0 Å². The van der Waals surface area contributed by atoms with E-state index in [0.717, 1.165) is 44.5 Å². The first-order chi connectivity index (χ1) is 26.1. The van der Waals surface area contributed by atoms with Crippen molar-refractivity contribution in [2.75, 3.05) is 6.61 Å². The van der Waals surface area contributed by atoms with E-state index in [4.69, 9.17) is 10.5 Å². The summed E-state index contributed by atoms with van der Waals surface area (Å²) in [6.07, 6.45) is 1.01. The fraction of sp³-hybridized carbons (Fsp3) is 0.260. The molecule has 0 spiro atoms. The van der Waals surface area contributed by atoms with E-state index < -0.39 is 5.91 Å². The molecule has 56 heavy (non-hydrogen) atoms. The Morgan fingerprint density at radius 2 is 0.875 bits per heavy atom. The first-order valence-corrected chi connectivity index (χ1v) is 18.8. The molecule has 0 unspecified atom stereocenters. The molecule has 0 saturated heterocycles. The Morgan fingerprint density at radius 1 is 0.554 bits per heavy atom. The number of benzene rings is 6. The van der Waals surface area contributed by atoms with Crippen molar-refractivity contribution in [3.8, 4) is 45.3 Å². The number of carbonyl (C=O) groups excluding carboxylic acids is 1. The predicted octanol–water partition coefficient (Wildman–Crippen LogP) is 11.0. The molecule has 0 heterocycles. The van der Waals surface area contributed by atoms with Crippen LogP contribution in [0.2, 0.25) is 0 Å². The number of amides is 1. The van der Waals surface area contributed by atoms with Crippen molar-refractivity contribution in [1.82, 2.24) is 0 Å². The maximum Gasteiger partial charge on any atom is 0.255 e. The molecule has 0 radical (unpaired) electrons. The molecule has 1 amide bonds. The zero-order valence-electron chi connectivity index (χ0n) is 32.1. The summed E-state index contributed by atoms with van der Waals surface area (Å²) in [5.41, 5.74) is 16.5. The second-order valence-corrected chi connectivity index (χ2v) is 13.3. The summed E-state index contributed by atoms with van der Waals surface area (Å²) in [6.45, 7) is 11.6. The summed E-state index contributed by atoms with van der Waals surface area (Å²) in [4.78, 5) is 12.0. The number of phenols is 2. The summed E-state index contributed by atoms with van der Waals surface area (Å²) in [5.74, 6) is -0.0110. The normalized spacial score (nSPS) is 11.2. The van der Waals surface area contributed by atoms with Gasteiger partial charge in [-0.2, -0.15) is 0 Å². The number of primary amides is 1. The molecule has 0 aliphatic heterocycles. The predicted molar refractivity (Wildman–Crippen MR) is 231 cm³/mol. The quantitative estimate of drug-likeness (QED) is 0.162. The number of hydrogen-bond acceptors (Lipinski definition) is 5. The van der Waals surface area contributed by atoms with Gasteiger partial charge in [-0.05, 0) is 81.6 Å². The van der Waals surface area contributed by atoms with Gasteiger partial charge in [-0.25, -0.2) is 0 Å². The first kappa shape index (κ1) is 44.4. The lowest BCUT2D eigenvalue weighted by molar-refractivity contribution is -0.270. The zero-order chi connectivity index (χ0) is 38.9. The van der Waals surface area contributed by atoms with Crippen LogP contribution < -0.4 is 15.6 Å². The maximum atomic E-state index is 14.2. The SMILES string of the molecule is C.C.CC.CC.Cc1cc2c(O)c(c1)Cc1cc(-c3ccccc3)cc(c1OCC(N)=O)Cc1cc(C)cc(c1O)Cc1cc(-c3ccccc3)cc(c1[O-])C2. The molecule has 0 fully saturated rings. The van der Waals surface area contributed by atoms with Crippen molar-refractivity contribution >= 4 is 5.91 Å². The molecule has 0 aromatic heterocycles. The Labute approximate surface area is 334 Å². The van der Waals surface area contributed by atoms with Gasteiger partial charge in [-0.3, -0.25) is 4.79 Å². The highest BCUT2D eigenvalue weighted by molar-refractivity contribution is 5.76. The standard InChI is InChI=1S/C44H39NO5.2C2H6.2CH4/c1-26-13-32-21-36-17-30(28-9-5-3-6-10-28)18-37(43(36)49)22-33-14-27(2)16-35(42(33)48)24-39-20-31(29-11-7-4-8-12-29)19-38(23-34(15-26)41(32)47)44(39)50-25-40(45)46;2*1-2;;/h3-20,47-49H,21-25H2,1-2H3,(H2,45,46);2*1-2H3;2*1H4/p-1. The highest BCUT2D eigenvalue weighted by atomic mass is 16.5. The second kappa shape index (κ2) is 20.1. The van der Waals surface area contributed by atoms with Gasteiger partial charge in [-0.1, -0.05) is 162 Å². The van der Waals surface area contributed by atoms with E-state index in [1.165, 1.54) is 0 Å². The molecule has 6 nitrogen and oxygen atoms in total. The van der Waals surface area contributed by atoms with Crippen LogP contribution in [0.4, 0.5) is 0 Å². The van der Waals surface area contributed by atoms with Crippen molar-refractivity contribution in [2.45, 2.75) is 82.1 Å². The maximum absolute atomic E-state index is 14.2. The van der Waals surface area contributed by atoms with Gasteiger partial charge in [0.25, 0.3) is 5.91 Å². The fourth-order valence-electron chi connectivity index (χ4n) is 7.19. The molecule has 4 N–H and O–H groups in total. The fourth-order valence-corrected chi connectivity index (χ4v) is 7.19. The number of aromatic hydroxyl groups is 2. The number of fused-ring (bicyclic) bond motifs is 8. The minimum absolute atomic E-state index is 0. The van der Waals surface area contributed by atoms with Crippen molar-refractivity contribution in [3.63, 3.8) is 0 Å². The van der Waals surface area contributed by atoms with Crippen LogP contribution in [0.3, 0.4) is 0 Å². The van der Waals surface area contributed by atoms with Crippen LogP contribution >= 0.6 is 0 Å². The number of carbonyl (C=O) groups is 1. The van der Waals surface area contributed by atoms with Gasteiger partial charge in [0.15, 0.2) is 6.61 Å². The molecule has 7 rings (SSSR count). The summed E-state index contributed by atoms with van der Waals surface area (Å²) < 4.78 is 6.18. The van der Waals surface area contributed by atoms with Gasteiger partial charge >= 0.3 is 0 Å². The van der Waals surface area contributed by atoms with Gasteiger partial charge in [0, 0.05) is 25.7 Å². The number of hydrogen-bond donors (Lipinski definition) is 3. The van der Waals surface area contributed by atoms with Gasteiger partial charge in [0.2, 0.25) is 0 Å². The molecule has 6 aromatic rings. The topological polar surface area (TPSA) is 116 Å². The third-order valence-corrected chi connectivity index (χ3v) is 9.41. The average Bonchev–Trinajstić information content (AvgIpc) is 3.18. The highest BCUT2D eigenvalue weighted by Crippen LogP contribution is 2.41. The lowest BCUT2D eigenvalue weighted by atomic mass is 9.87. The Kier molecular flexibility index (Phi) is 15.9. The molecule has 6 aromatic carbocycles. The summed E-state index contributed by atoms with van der Waals surface area (Å²) in [5, 5.41) is 37.9. The van der Waals surface area contributed by atoms with Crippen LogP contribution in [-0.4, -0.2) is 22.7 Å². The second-order valence-electron chi connectivity index (χ2n) is 13.3. The van der Waals surface area contributed by atoms with E-state index in [2.05, 4.69) is 0 Å². The minimum atomic E-state index is -0.609. The Bertz CT molecular complexity index is 2140. The third-order valence-electron chi connectivity index (χ3n) is 9.41. The van der Waals surface area contributed by atoms with Crippen LogP contribution in [0.15, 0.2) is 109 Å². The van der Waals surface area contributed by atoms with Crippen LogP contribution in [0, 0.1) is 13.8 Å². The lowest BCUT2D eigenvalue weighted by Crippen LogP contribution is -2.21. The van der Waals surface area contributed by atoms with Crippen LogP contribution in [0.5, 0.6) is 23.0 Å². The highest BCUT2D eigenvalue weighted by Gasteiger charge is 2.21. The van der Waals surface area contributed by atoms with Gasteiger partial charge in [0.1, 0.15) is 17.2 Å². The van der Waals surface area contributed by atoms with Crippen LogP contribution in [-0.2, 0) is 30.5 Å². The van der Waals surface area contributed by atoms with Crippen molar-refractivity contribution in [3.05, 3.63) is 165 Å². The van der Waals surface area contributed by atoms with E-state index in [1.807, 2.05) is 151 Å². The molecule has 1 aliphatic rings. The summed E-state index contributed by atoms with van der Waals surface area (Å²) in [6, 6.07) is 35.5. The molecular formula is C50H58NO5-. The molecule has 1 aliphatic carbocycles. The molecule has 294 valence electrons. The molecule has 6 heteroatoms. The summed E-state index contributed by atoms with van der Waals surface area (Å²) in [7, 11) is 0. The van der Waals surface area contributed by atoms with E-state index in [0.29, 0.717) is 39.1 Å². The average molecular weight is 753 g/mol. The molecule has 8 bridgehead atoms. The monoisotopic (exact) mass is 752 g/mol. The largest absolute Gasteiger partial charge is 0.872 e. The third kappa shape index (κ3) is 9.99. The zero-order valence-corrected chi connectivity index (χ0v) is 32.1. The first-order valence-electron chi connectivity index (χ1n) is 18.8. The smallest absolute Gasteiger partial charge is 0.255 e. The number of rotatable bonds is 5. The van der Waals surface area contributed by atoms with Crippen molar-refractivity contribution in [2.24, 2.45) is 5.73 Å². The molecule has 0 atom stereocenters. The Hall–Kier alpha value is -6.01. The number of nitrogens with two attached hydrogens (primary N) is 1. The molecular weight excluding hydrogens is 695 g/mol. The van der Waals surface area contributed by atoms with E-state index in [9.17, 15) is 20.1 Å². The van der Waals surface area contributed by atoms with Crippen LogP contribution in [0.1, 0.15) is 98.2 Å². The van der Waals surface area contributed by atoms with Gasteiger partial charge in [0.05, 0.1) is 0 Å². The number of aryl methyl sites for hydroxylation is 2. The lowest BCUT2D eigenvalue weighted by Gasteiger charge is -2.24. The van der Waals surface area contributed by atoms with Crippen molar-refractivity contribution < 1.29 is 24.9 Å². The number of phenolic OH excluding ortho intramolecular Hbond substituents is 2. The molecule has 0 saturated carbocycles. The van der Waals surface area contributed by atoms with Crippen LogP contribution in [0.25, 0.3) is 22.3 Å². The van der Waals surface area contributed by atoms with E-state index >= 15 is 0 Å². The minimum Gasteiger partial charge on any atom is -0.872 e. The Morgan fingerprint density at radius 3 is 1.21 bits per heavy atom. The summed E-state index contributed by atoms with van der Waals surface area (Å²) >= 11 is 0. The number of ether oxygens (including phenoxy) is 1. The Balaban J connectivity index is 0.00000136. The van der Waals surface area contributed by atoms with E-state index in [-0.39, 0.29) is 64.4 Å². The van der Waals surface area contributed by atoms with E-state index in [1.54, 1.807) is 0 Å².